The molecule has 2 rings (SSSR count). The zero-order valence-corrected chi connectivity index (χ0v) is 10.2. The molecule has 0 amide bonds. The molecule has 1 aliphatic carbocycles. The summed E-state index contributed by atoms with van der Waals surface area (Å²) in [5.74, 6) is 0.628. The van der Waals surface area contributed by atoms with Crippen LogP contribution in [-0.4, -0.2) is 12.6 Å². The van der Waals surface area contributed by atoms with Crippen molar-refractivity contribution in [2.24, 2.45) is 0 Å². The normalized spacial score (nSPS) is 24.2. The highest BCUT2D eigenvalue weighted by atomic mass is 14.9. The predicted octanol–water partition coefficient (Wildman–Crippen LogP) is 3.22. The molecule has 2 atom stereocenters. The Morgan fingerprint density at radius 2 is 1.94 bits per heavy atom. The summed E-state index contributed by atoms with van der Waals surface area (Å²) in [5, 5.41) is 12.1. The zero-order valence-electron chi connectivity index (χ0n) is 10.2. The average molecular weight is 228 g/mol. The van der Waals surface area contributed by atoms with Gasteiger partial charge in [-0.3, -0.25) is 0 Å². The van der Waals surface area contributed by atoms with Crippen LogP contribution < -0.4 is 5.32 Å². The Bertz CT molecular complexity index is 366. The molecule has 1 aliphatic rings. The molecular weight excluding hydrogens is 208 g/mol. The van der Waals surface area contributed by atoms with E-state index in [1.165, 1.54) is 31.2 Å². The number of nitrogens with zero attached hydrogens (tertiary/aromatic N) is 1. The van der Waals surface area contributed by atoms with Gasteiger partial charge >= 0.3 is 0 Å². The molecule has 1 fully saturated rings. The van der Waals surface area contributed by atoms with Gasteiger partial charge in [0.2, 0.25) is 0 Å². The van der Waals surface area contributed by atoms with Gasteiger partial charge in [-0.2, -0.15) is 5.26 Å². The SMILES string of the molecule is N#CCCNC1CCCCC1c1ccccc1. The standard InChI is InChI=1S/C15H20N2/c16-11-6-12-17-15-10-5-4-9-14(15)13-7-2-1-3-8-13/h1-3,7-8,14-15,17H,4-6,9-10,12H2. The minimum Gasteiger partial charge on any atom is -0.312 e. The maximum atomic E-state index is 8.59. The molecule has 2 nitrogen and oxygen atoms in total. The second-order valence-corrected chi connectivity index (χ2v) is 4.77. The van der Waals surface area contributed by atoms with Crippen LogP contribution in [0.3, 0.4) is 0 Å². The van der Waals surface area contributed by atoms with E-state index in [9.17, 15) is 0 Å². The fraction of sp³-hybridized carbons (Fsp3) is 0.533. The van der Waals surface area contributed by atoms with E-state index in [0.29, 0.717) is 18.4 Å². The van der Waals surface area contributed by atoms with Gasteiger partial charge in [0.05, 0.1) is 6.07 Å². The third kappa shape index (κ3) is 3.31. The van der Waals surface area contributed by atoms with Crippen molar-refractivity contribution in [3.05, 3.63) is 35.9 Å². The summed E-state index contributed by atoms with van der Waals surface area (Å²) >= 11 is 0. The second kappa shape index (κ2) is 6.42. The monoisotopic (exact) mass is 228 g/mol. The highest BCUT2D eigenvalue weighted by molar-refractivity contribution is 5.22. The first-order valence-electron chi connectivity index (χ1n) is 6.57. The summed E-state index contributed by atoms with van der Waals surface area (Å²) in [4.78, 5) is 0. The van der Waals surface area contributed by atoms with Gasteiger partial charge in [0.1, 0.15) is 0 Å². The first-order chi connectivity index (χ1) is 8.42. The Morgan fingerprint density at radius 3 is 2.71 bits per heavy atom. The lowest BCUT2D eigenvalue weighted by molar-refractivity contribution is 0.330. The van der Waals surface area contributed by atoms with E-state index in [-0.39, 0.29) is 0 Å². The average Bonchev–Trinajstić information content (AvgIpc) is 2.41. The largest absolute Gasteiger partial charge is 0.312 e. The lowest BCUT2D eigenvalue weighted by atomic mass is 9.80. The Morgan fingerprint density at radius 1 is 1.18 bits per heavy atom. The van der Waals surface area contributed by atoms with Crippen LogP contribution in [0.25, 0.3) is 0 Å². The molecule has 1 aromatic rings. The van der Waals surface area contributed by atoms with Crippen molar-refractivity contribution >= 4 is 0 Å². The summed E-state index contributed by atoms with van der Waals surface area (Å²) in [7, 11) is 0. The molecule has 90 valence electrons. The minimum atomic E-state index is 0.555. The number of nitriles is 1. The Labute approximate surface area is 104 Å². The van der Waals surface area contributed by atoms with Crippen LogP contribution in [0.15, 0.2) is 30.3 Å². The van der Waals surface area contributed by atoms with Crippen LogP contribution in [0, 0.1) is 11.3 Å². The van der Waals surface area contributed by atoms with Crippen LogP contribution in [0.5, 0.6) is 0 Å². The van der Waals surface area contributed by atoms with Crippen molar-refractivity contribution in [1.82, 2.24) is 5.32 Å². The molecule has 0 heterocycles. The van der Waals surface area contributed by atoms with Crippen molar-refractivity contribution in [3.8, 4) is 6.07 Å². The van der Waals surface area contributed by atoms with E-state index in [1.807, 2.05) is 0 Å². The van der Waals surface area contributed by atoms with Gasteiger partial charge in [0, 0.05) is 19.0 Å². The summed E-state index contributed by atoms with van der Waals surface area (Å²) < 4.78 is 0. The van der Waals surface area contributed by atoms with Crippen molar-refractivity contribution < 1.29 is 0 Å². The van der Waals surface area contributed by atoms with E-state index < -0.39 is 0 Å². The third-order valence-corrected chi connectivity index (χ3v) is 3.64. The first kappa shape index (κ1) is 12.1. The number of hydrogen-bond acceptors (Lipinski definition) is 2. The predicted molar refractivity (Wildman–Crippen MR) is 69.7 cm³/mol. The van der Waals surface area contributed by atoms with Crippen molar-refractivity contribution in [2.45, 2.75) is 44.1 Å². The van der Waals surface area contributed by atoms with Gasteiger partial charge in [-0.05, 0) is 24.3 Å². The molecule has 1 saturated carbocycles. The Hall–Kier alpha value is -1.33. The molecule has 17 heavy (non-hydrogen) atoms. The molecular formula is C15H20N2. The van der Waals surface area contributed by atoms with Gasteiger partial charge in [0.25, 0.3) is 0 Å². The van der Waals surface area contributed by atoms with Gasteiger partial charge in [-0.1, -0.05) is 43.2 Å². The van der Waals surface area contributed by atoms with Crippen LogP contribution in [0.1, 0.15) is 43.6 Å². The van der Waals surface area contributed by atoms with Crippen LogP contribution in [0.4, 0.5) is 0 Å². The van der Waals surface area contributed by atoms with Crippen molar-refractivity contribution in [2.75, 3.05) is 6.54 Å². The summed E-state index contributed by atoms with van der Waals surface area (Å²) in [6, 6.07) is 13.5. The van der Waals surface area contributed by atoms with E-state index >= 15 is 0 Å². The van der Waals surface area contributed by atoms with Gasteiger partial charge in [-0.25, -0.2) is 0 Å². The Balaban J connectivity index is 2.00. The Kier molecular flexibility index (Phi) is 4.58. The van der Waals surface area contributed by atoms with E-state index in [0.717, 1.165) is 6.54 Å². The molecule has 0 aromatic heterocycles. The molecule has 0 radical (unpaired) electrons. The van der Waals surface area contributed by atoms with Gasteiger partial charge < -0.3 is 5.32 Å². The molecule has 0 aliphatic heterocycles. The summed E-state index contributed by atoms with van der Waals surface area (Å²) in [6.07, 6.45) is 5.76. The summed E-state index contributed by atoms with van der Waals surface area (Å²) in [5.41, 5.74) is 1.45. The molecule has 0 saturated heterocycles. The number of benzene rings is 1. The van der Waals surface area contributed by atoms with E-state index in [1.54, 1.807) is 0 Å². The van der Waals surface area contributed by atoms with Crippen molar-refractivity contribution in [1.29, 1.82) is 5.26 Å². The molecule has 2 unspecified atom stereocenters. The highest BCUT2D eigenvalue weighted by Crippen LogP contribution is 2.32. The van der Waals surface area contributed by atoms with Crippen LogP contribution in [0.2, 0.25) is 0 Å². The molecule has 2 heteroatoms. The fourth-order valence-electron chi connectivity index (χ4n) is 2.79. The first-order valence-corrected chi connectivity index (χ1v) is 6.57. The van der Waals surface area contributed by atoms with Gasteiger partial charge in [-0.15, -0.1) is 0 Å². The maximum absolute atomic E-state index is 8.59. The second-order valence-electron chi connectivity index (χ2n) is 4.77. The molecule has 0 bridgehead atoms. The summed E-state index contributed by atoms with van der Waals surface area (Å²) in [6.45, 7) is 0.824. The fourth-order valence-corrected chi connectivity index (χ4v) is 2.79. The smallest absolute Gasteiger partial charge is 0.0635 e. The molecule has 1 aromatic carbocycles. The molecule has 0 spiro atoms. The van der Waals surface area contributed by atoms with E-state index in [4.69, 9.17) is 5.26 Å². The zero-order chi connectivity index (χ0) is 11.9. The van der Waals surface area contributed by atoms with Gasteiger partial charge in [0.15, 0.2) is 0 Å². The third-order valence-electron chi connectivity index (χ3n) is 3.64. The quantitative estimate of drug-likeness (QED) is 0.803. The lowest BCUT2D eigenvalue weighted by Crippen LogP contribution is -2.37. The number of hydrogen-bond donors (Lipinski definition) is 1. The van der Waals surface area contributed by atoms with Crippen LogP contribution in [-0.2, 0) is 0 Å². The highest BCUT2D eigenvalue weighted by Gasteiger charge is 2.25. The lowest BCUT2D eigenvalue weighted by Gasteiger charge is -2.32. The molecule has 1 N–H and O–H groups in total. The van der Waals surface area contributed by atoms with Crippen LogP contribution >= 0.6 is 0 Å². The maximum Gasteiger partial charge on any atom is 0.0635 e. The van der Waals surface area contributed by atoms with Crippen molar-refractivity contribution in [3.63, 3.8) is 0 Å². The number of nitrogens with one attached hydrogen (secondary N) is 1. The topological polar surface area (TPSA) is 35.8 Å². The van der Waals surface area contributed by atoms with E-state index in [2.05, 4.69) is 41.7 Å². The minimum absolute atomic E-state index is 0.555. The number of rotatable bonds is 4.